The van der Waals surface area contributed by atoms with Crippen molar-refractivity contribution in [1.29, 1.82) is 0 Å². The van der Waals surface area contributed by atoms with Gasteiger partial charge in [0, 0.05) is 0 Å². The summed E-state index contributed by atoms with van der Waals surface area (Å²) in [6.45, 7) is 1.36. The van der Waals surface area contributed by atoms with Crippen LogP contribution in [0.5, 0.6) is 0 Å². The Morgan fingerprint density at radius 2 is 2.12 bits per heavy atom. The number of rotatable bonds is 4. The molecule has 0 heterocycles. The second-order valence-electron chi connectivity index (χ2n) is 2.42. The van der Waals surface area contributed by atoms with E-state index in [1.54, 1.807) is 0 Å². The van der Waals surface area contributed by atoms with E-state index in [-0.39, 0.29) is 6.61 Å². The molecule has 0 aliphatic rings. The summed E-state index contributed by atoms with van der Waals surface area (Å²) < 4.78 is 28.6. The summed E-state index contributed by atoms with van der Waals surface area (Å²) in [6, 6.07) is -1.19. The number of nitrogens with zero attached hydrogens (tertiary/aromatic N) is 1. The van der Waals surface area contributed by atoms with Gasteiger partial charge in [0.1, 0.15) is 5.57 Å². The van der Waals surface area contributed by atoms with Gasteiger partial charge < -0.3 is 15.6 Å². The van der Waals surface area contributed by atoms with Crippen LogP contribution in [0.15, 0.2) is 16.3 Å². The Kier molecular flexibility index (Phi) is 5.68. The van der Waals surface area contributed by atoms with E-state index in [2.05, 4.69) is 15.5 Å². The lowest BCUT2D eigenvalue weighted by Crippen LogP contribution is -2.16. The molecule has 16 heavy (non-hydrogen) atoms. The quantitative estimate of drug-likeness (QED) is 0.326. The van der Waals surface area contributed by atoms with Gasteiger partial charge in [-0.25, -0.2) is 23.4 Å². The molecule has 3 N–H and O–H groups in total. The molecule has 0 aromatic rings. The Morgan fingerprint density at radius 3 is 2.50 bits per heavy atom. The summed E-state index contributed by atoms with van der Waals surface area (Å²) in [7, 11) is 0. The summed E-state index contributed by atoms with van der Waals surface area (Å²) in [6.07, 6.45) is -2.85. The number of carbonyl (C=O) groups is 2. The number of amides is 2. The van der Waals surface area contributed by atoms with Gasteiger partial charge in [-0.05, 0) is 6.92 Å². The topological polar surface area (TPSA) is 102 Å². The number of alkyl halides is 2. The van der Waals surface area contributed by atoms with Gasteiger partial charge in [-0.2, -0.15) is 0 Å². The van der Waals surface area contributed by atoms with Crippen molar-refractivity contribution in [2.24, 2.45) is 10.7 Å². The Balaban J connectivity index is 5.13. The van der Waals surface area contributed by atoms with E-state index in [9.17, 15) is 18.4 Å². The minimum atomic E-state index is -3.28. The number of nitrogens with two attached hydrogens (primary N) is 1. The van der Waals surface area contributed by atoms with E-state index in [1.807, 2.05) is 0 Å². The maximum Gasteiger partial charge on any atom is 0.343 e. The minimum Gasteiger partial charge on any atom is -0.506 e. The summed E-state index contributed by atoms with van der Waals surface area (Å²) in [5, 5.41) is 8.88. The molecular formula is C8H10F2N2O4. The fourth-order valence-electron chi connectivity index (χ4n) is 0.678. The molecule has 0 bridgehead atoms. The molecule has 0 unspecified atom stereocenters. The molecule has 90 valence electrons. The van der Waals surface area contributed by atoms with E-state index >= 15 is 0 Å². The Labute approximate surface area is 89.4 Å². The predicted octanol–water partition coefficient (Wildman–Crippen LogP) is 0.776. The first-order valence-electron chi connectivity index (χ1n) is 4.12. The molecule has 2 amide bonds. The zero-order valence-corrected chi connectivity index (χ0v) is 8.31. The first-order chi connectivity index (χ1) is 7.40. The number of esters is 1. The molecule has 6 nitrogen and oxygen atoms in total. The maximum atomic E-state index is 12.1. The maximum absolute atomic E-state index is 12.1. The zero-order valence-electron chi connectivity index (χ0n) is 8.31. The number of halogens is 2. The highest BCUT2D eigenvalue weighted by Gasteiger charge is 2.21. The van der Waals surface area contributed by atoms with Crippen LogP contribution in [0.25, 0.3) is 0 Å². The second-order valence-corrected chi connectivity index (χ2v) is 2.42. The van der Waals surface area contributed by atoms with Crippen LogP contribution in [0.2, 0.25) is 0 Å². The van der Waals surface area contributed by atoms with Crippen LogP contribution in [0.4, 0.5) is 13.6 Å². The van der Waals surface area contributed by atoms with Crippen LogP contribution in [-0.2, 0) is 9.53 Å². The molecule has 0 aliphatic heterocycles. The zero-order chi connectivity index (χ0) is 12.7. The molecular weight excluding hydrogens is 226 g/mol. The van der Waals surface area contributed by atoms with Crippen LogP contribution in [0.3, 0.4) is 0 Å². The first kappa shape index (κ1) is 14.0. The molecule has 0 atom stereocenters. The van der Waals surface area contributed by atoms with Gasteiger partial charge in [0.2, 0.25) is 0 Å². The van der Waals surface area contributed by atoms with Crippen molar-refractivity contribution in [1.82, 2.24) is 0 Å². The molecule has 0 rings (SSSR count). The van der Waals surface area contributed by atoms with Gasteiger partial charge in [0.25, 0.3) is 6.43 Å². The van der Waals surface area contributed by atoms with E-state index in [4.69, 9.17) is 5.11 Å². The first-order valence-corrected chi connectivity index (χ1v) is 4.12. The number of primary amides is 1. The van der Waals surface area contributed by atoms with Crippen molar-refractivity contribution in [3.05, 3.63) is 11.3 Å². The lowest BCUT2D eigenvalue weighted by Gasteiger charge is -2.04. The van der Waals surface area contributed by atoms with Crippen molar-refractivity contribution in [3.8, 4) is 0 Å². The number of urea groups is 1. The summed E-state index contributed by atoms with van der Waals surface area (Å²) in [4.78, 5) is 24.2. The van der Waals surface area contributed by atoms with E-state index in [0.29, 0.717) is 6.21 Å². The minimum absolute atomic E-state index is 0.0801. The van der Waals surface area contributed by atoms with Crippen molar-refractivity contribution in [2.45, 2.75) is 13.3 Å². The second kappa shape index (κ2) is 6.49. The number of aliphatic hydroxyl groups excluding tert-OH is 1. The SMILES string of the molecule is CCOC(=O)C(/C=N/C(N)=O)=C(\O)C(F)F. The van der Waals surface area contributed by atoms with Crippen LogP contribution >= 0.6 is 0 Å². The van der Waals surface area contributed by atoms with Crippen molar-refractivity contribution in [2.75, 3.05) is 6.61 Å². The van der Waals surface area contributed by atoms with Crippen LogP contribution in [0.1, 0.15) is 6.92 Å². The van der Waals surface area contributed by atoms with Gasteiger partial charge >= 0.3 is 12.0 Å². The molecule has 0 radical (unpaired) electrons. The highest BCUT2D eigenvalue weighted by atomic mass is 19.3. The molecule has 0 spiro atoms. The fraction of sp³-hybridized carbons (Fsp3) is 0.375. The third-order valence-electron chi connectivity index (χ3n) is 1.30. The number of hydrogen-bond acceptors (Lipinski definition) is 4. The Bertz CT molecular complexity index is 339. The standard InChI is InChI=1S/C8H10F2N2O4/c1-2-16-7(14)4(3-12-8(11)15)5(13)6(9)10/h3,6,13H,2H2,1H3,(H2,11,15)/b5-4-,12-3+. The van der Waals surface area contributed by atoms with E-state index < -0.39 is 29.8 Å². The van der Waals surface area contributed by atoms with Gasteiger partial charge in [-0.15, -0.1) is 0 Å². The fourth-order valence-corrected chi connectivity index (χ4v) is 0.678. The van der Waals surface area contributed by atoms with Crippen LogP contribution in [0, 0.1) is 0 Å². The van der Waals surface area contributed by atoms with Gasteiger partial charge in [-0.1, -0.05) is 0 Å². The summed E-state index contributed by atoms with van der Waals surface area (Å²) in [5.74, 6) is -2.74. The molecule has 8 heteroatoms. The summed E-state index contributed by atoms with van der Waals surface area (Å²) >= 11 is 0. The van der Waals surface area contributed by atoms with E-state index in [1.165, 1.54) is 6.92 Å². The van der Waals surface area contributed by atoms with Crippen molar-refractivity contribution in [3.63, 3.8) is 0 Å². The lowest BCUT2D eigenvalue weighted by atomic mass is 10.2. The van der Waals surface area contributed by atoms with Gasteiger partial charge in [0.05, 0.1) is 12.8 Å². The molecule has 0 saturated carbocycles. The number of ether oxygens (including phenoxy) is 1. The molecule has 0 aromatic heterocycles. The number of hydrogen-bond donors (Lipinski definition) is 2. The number of carbonyl (C=O) groups excluding carboxylic acids is 2. The van der Waals surface area contributed by atoms with Crippen LogP contribution < -0.4 is 5.73 Å². The summed E-state index contributed by atoms with van der Waals surface area (Å²) in [5.41, 5.74) is 3.70. The predicted molar refractivity (Wildman–Crippen MR) is 50.4 cm³/mol. The molecule has 0 saturated heterocycles. The third kappa shape index (κ3) is 4.49. The highest BCUT2D eigenvalue weighted by molar-refractivity contribution is 6.11. The van der Waals surface area contributed by atoms with Crippen molar-refractivity contribution < 1.29 is 28.2 Å². The highest BCUT2D eigenvalue weighted by Crippen LogP contribution is 2.11. The monoisotopic (exact) mass is 236 g/mol. The number of allylic oxidation sites excluding steroid dienone is 1. The van der Waals surface area contributed by atoms with Gasteiger partial charge in [0.15, 0.2) is 5.76 Å². The Morgan fingerprint density at radius 1 is 1.56 bits per heavy atom. The third-order valence-corrected chi connectivity index (χ3v) is 1.30. The lowest BCUT2D eigenvalue weighted by molar-refractivity contribution is -0.138. The largest absolute Gasteiger partial charge is 0.506 e. The smallest absolute Gasteiger partial charge is 0.343 e. The molecule has 0 aromatic carbocycles. The van der Waals surface area contributed by atoms with Crippen LogP contribution in [-0.4, -0.2) is 36.4 Å². The number of aliphatic imine (C=N–C) groups is 1. The average Bonchev–Trinajstić information content (AvgIpc) is 2.17. The average molecular weight is 236 g/mol. The van der Waals surface area contributed by atoms with Gasteiger partial charge in [-0.3, -0.25) is 0 Å². The molecule has 0 fully saturated rings. The Hall–Kier alpha value is -1.99. The molecule has 0 aliphatic carbocycles. The normalized spacial score (nSPS) is 12.8. The van der Waals surface area contributed by atoms with Crippen molar-refractivity contribution >= 4 is 18.2 Å². The number of aliphatic hydroxyl groups is 1. The van der Waals surface area contributed by atoms with E-state index in [0.717, 1.165) is 0 Å².